The summed E-state index contributed by atoms with van der Waals surface area (Å²) in [6.45, 7) is 4.16. The van der Waals surface area contributed by atoms with Crippen LogP contribution in [0, 0.1) is 0 Å². The Hall–Kier alpha value is -0.730. The highest BCUT2D eigenvalue weighted by Crippen LogP contribution is 2.02. The topological polar surface area (TPSA) is 38.3 Å². The number of carbonyl (C=O) groups is 1. The summed E-state index contributed by atoms with van der Waals surface area (Å²) in [5.41, 5.74) is 0. The van der Waals surface area contributed by atoms with Gasteiger partial charge in [-0.2, -0.15) is 0 Å². The molecule has 0 spiro atoms. The molecule has 0 aliphatic carbocycles. The molecule has 0 fully saturated rings. The molecule has 1 atom stereocenters. The minimum Gasteiger partial charge on any atom is -0.453 e. The summed E-state index contributed by atoms with van der Waals surface area (Å²) in [5, 5.41) is 2.73. The molecule has 1 unspecified atom stereocenters. The zero-order valence-electron chi connectivity index (χ0n) is 8.22. The molecule has 0 aliphatic heterocycles. The highest BCUT2D eigenvalue weighted by Gasteiger charge is 2.05. The van der Waals surface area contributed by atoms with Crippen LogP contribution in [0.5, 0.6) is 0 Å². The molecule has 1 N–H and O–H groups in total. The van der Waals surface area contributed by atoms with Crippen LogP contribution in [-0.4, -0.2) is 19.2 Å². The first-order valence-corrected chi connectivity index (χ1v) is 4.55. The molecule has 0 saturated heterocycles. The molecule has 0 heterocycles. The van der Waals surface area contributed by atoms with Crippen molar-refractivity contribution in [1.82, 2.24) is 5.32 Å². The second-order valence-electron chi connectivity index (χ2n) is 3.03. The molecule has 0 rings (SSSR count). The summed E-state index contributed by atoms with van der Waals surface area (Å²) in [7, 11) is 1.38. The van der Waals surface area contributed by atoms with E-state index in [-0.39, 0.29) is 12.1 Å². The van der Waals surface area contributed by atoms with Gasteiger partial charge in [0.25, 0.3) is 0 Å². The zero-order chi connectivity index (χ0) is 9.40. The predicted molar refractivity (Wildman–Crippen MR) is 49.1 cm³/mol. The van der Waals surface area contributed by atoms with Gasteiger partial charge in [0, 0.05) is 6.04 Å². The first-order chi connectivity index (χ1) is 5.70. The van der Waals surface area contributed by atoms with Gasteiger partial charge in [0.1, 0.15) is 0 Å². The lowest BCUT2D eigenvalue weighted by atomic mass is 10.1. The SMILES string of the molecule is CCCCCC(C)NC(=O)OC. The summed E-state index contributed by atoms with van der Waals surface area (Å²) in [6, 6.07) is 0.226. The highest BCUT2D eigenvalue weighted by molar-refractivity contribution is 5.67. The third kappa shape index (κ3) is 6.01. The Morgan fingerprint density at radius 2 is 2.17 bits per heavy atom. The average Bonchev–Trinajstić information content (AvgIpc) is 2.05. The number of rotatable bonds is 5. The van der Waals surface area contributed by atoms with Gasteiger partial charge in [0.2, 0.25) is 0 Å². The number of carbonyl (C=O) groups excluding carboxylic acids is 1. The Morgan fingerprint density at radius 3 is 2.67 bits per heavy atom. The molecule has 12 heavy (non-hydrogen) atoms. The molecule has 0 bridgehead atoms. The van der Waals surface area contributed by atoms with E-state index in [1.165, 1.54) is 26.4 Å². The highest BCUT2D eigenvalue weighted by atomic mass is 16.5. The quantitative estimate of drug-likeness (QED) is 0.648. The fourth-order valence-electron chi connectivity index (χ4n) is 1.03. The van der Waals surface area contributed by atoms with Crippen molar-refractivity contribution in [3.63, 3.8) is 0 Å². The van der Waals surface area contributed by atoms with Crippen LogP contribution in [0.3, 0.4) is 0 Å². The Kier molecular flexibility index (Phi) is 6.53. The predicted octanol–water partition coefficient (Wildman–Crippen LogP) is 2.31. The smallest absolute Gasteiger partial charge is 0.407 e. The van der Waals surface area contributed by atoms with Crippen LogP contribution in [0.4, 0.5) is 4.79 Å². The maximum Gasteiger partial charge on any atom is 0.407 e. The van der Waals surface area contributed by atoms with Gasteiger partial charge in [-0.15, -0.1) is 0 Å². The summed E-state index contributed by atoms with van der Waals surface area (Å²) in [6.07, 6.45) is 4.31. The summed E-state index contributed by atoms with van der Waals surface area (Å²) < 4.78 is 4.48. The van der Waals surface area contributed by atoms with E-state index in [9.17, 15) is 4.79 Å². The lowest BCUT2D eigenvalue weighted by Gasteiger charge is -2.11. The Labute approximate surface area is 74.5 Å². The van der Waals surface area contributed by atoms with Crippen LogP contribution in [0.25, 0.3) is 0 Å². The number of hydrogen-bond acceptors (Lipinski definition) is 2. The monoisotopic (exact) mass is 173 g/mol. The average molecular weight is 173 g/mol. The number of nitrogens with one attached hydrogen (secondary N) is 1. The van der Waals surface area contributed by atoms with Gasteiger partial charge in [-0.1, -0.05) is 26.2 Å². The molecule has 3 nitrogen and oxygen atoms in total. The second kappa shape index (κ2) is 6.95. The van der Waals surface area contributed by atoms with Crippen molar-refractivity contribution in [3.8, 4) is 0 Å². The summed E-state index contributed by atoms with van der Waals surface area (Å²) in [4.78, 5) is 10.7. The minimum atomic E-state index is -0.334. The van der Waals surface area contributed by atoms with Gasteiger partial charge in [-0.05, 0) is 13.3 Å². The first-order valence-electron chi connectivity index (χ1n) is 4.55. The van der Waals surface area contributed by atoms with E-state index in [4.69, 9.17) is 0 Å². The molecule has 0 aromatic heterocycles. The lowest BCUT2D eigenvalue weighted by molar-refractivity contribution is 0.166. The number of ether oxygens (including phenoxy) is 1. The summed E-state index contributed by atoms with van der Waals surface area (Å²) in [5.74, 6) is 0. The third-order valence-electron chi connectivity index (χ3n) is 1.79. The Bertz CT molecular complexity index is 126. The van der Waals surface area contributed by atoms with Gasteiger partial charge >= 0.3 is 6.09 Å². The van der Waals surface area contributed by atoms with Crippen LogP contribution in [-0.2, 0) is 4.74 Å². The van der Waals surface area contributed by atoms with Crippen molar-refractivity contribution in [3.05, 3.63) is 0 Å². The standard InChI is InChI=1S/C9H19NO2/c1-4-5-6-7-8(2)10-9(11)12-3/h8H,4-7H2,1-3H3,(H,10,11). The van der Waals surface area contributed by atoms with Crippen LogP contribution >= 0.6 is 0 Å². The van der Waals surface area contributed by atoms with Crippen molar-refractivity contribution < 1.29 is 9.53 Å². The van der Waals surface area contributed by atoms with Gasteiger partial charge in [-0.3, -0.25) is 0 Å². The van der Waals surface area contributed by atoms with E-state index in [1.54, 1.807) is 0 Å². The summed E-state index contributed by atoms with van der Waals surface area (Å²) >= 11 is 0. The van der Waals surface area contributed by atoms with Crippen molar-refractivity contribution in [2.75, 3.05) is 7.11 Å². The number of unbranched alkanes of at least 4 members (excludes halogenated alkanes) is 2. The Balaban J connectivity index is 3.32. The molecule has 0 aliphatic rings. The van der Waals surface area contributed by atoms with Crippen molar-refractivity contribution in [1.29, 1.82) is 0 Å². The van der Waals surface area contributed by atoms with E-state index in [2.05, 4.69) is 17.0 Å². The van der Waals surface area contributed by atoms with Gasteiger partial charge in [0.15, 0.2) is 0 Å². The largest absolute Gasteiger partial charge is 0.453 e. The van der Waals surface area contributed by atoms with E-state index in [0.717, 1.165) is 6.42 Å². The number of alkyl carbamates (subject to hydrolysis) is 1. The lowest BCUT2D eigenvalue weighted by Crippen LogP contribution is -2.32. The Morgan fingerprint density at radius 1 is 1.50 bits per heavy atom. The molecule has 0 aromatic carbocycles. The fraction of sp³-hybridized carbons (Fsp3) is 0.889. The third-order valence-corrected chi connectivity index (χ3v) is 1.79. The molecular weight excluding hydrogens is 154 g/mol. The van der Waals surface area contributed by atoms with Crippen molar-refractivity contribution >= 4 is 6.09 Å². The molecule has 3 heteroatoms. The number of hydrogen-bond donors (Lipinski definition) is 1. The van der Waals surface area contributed by atoms with Gasteiger partial charge in [-0.25, -0.2) is 4.79 Å². The van der Waals surface area contributed by atoms with Crippen LogP contribution in [0.2, 0.25) is 0 Å². The van der Waals surface area contributed by atoms with E-state index in [1.807, 2.05) is 6.92 Å². The maximum atomic E-state index is 10.7. The van der Waals surface area contributed by atoms with Crippen LogP contribution < -0.4 is 5.32 Å². The van der Waals surface area contributed by atoms with Gasteiger partial charge in [0.05, 0.1) is 7.11 Å². The molecule has 0 aromatic rings. The van der Waals surface area contributed by atoms with Crippen molar-refractivity contribution in [2.45, 2.75) is 45.6 Å². The first kappa shape index (κ1) is 11.3. The van der Waals surface area contributed by atoms with Crippen LogP contribution in [0.1, 0.15) is 39.5 Å². The zero-order valence-corrected chi connectivity index (χ0v) is 8.22. The van der Waals surface area contributed by atoms with E-state index in [0.29, 0.717) is 0 Å². The molecular formula is C9H19NO2. The number of amides is 1. The molecule has 0 saturated carbocycles. The van der Waals surface area contributed by atoms with E-state index < -0.39 is 0 Å². The normalized spacial score (nSPS) is 12.2. The van der Waals surface area contributed by atoms with Gasteiger partial charge < -0.3 is 10.1 Å². The van der Waals surface area contributed by atoms with Crippen molar-refractivity contribution in [2.24, 2.45) is 0 Å². The molecule has 1 amide bonds. The van der Waals surface area contributed by atoms with E-state index >= 15 is 0 Å². The maximum absolute atomic E-state index is 10.7. The fourth-order valence-corrected chi connectivity index (χ4v) is 1.03. The molecule has 72 valence electrons. The molecule has 0 radical (unpaired) electrons. The second-order valence-corrected chi connectivity index (χ2v) is 3.03. The van der Waals surface area contributed by atoms with Crippen LogP contribution in [0.15, 0.2) is 0 Å². The minimum absolute atomic E-state index is 0.226. The number of methoxy groups -OCH3 is 1.